The maximum absolute atomic E-state index is 11.5. The van der Waals surface area contributed by atoms with Gasteiger partial charge in [-0.25, -0.2) is 9.59 Å². The molecular weight excluding hydrogens is 488 g/mol. The number of hydrogen-bond acceptors (Lipinski definition) is 7. The van der Waals surface area contributed by atoms with Crippen LogP contribution in [0.15, 0.2) is 36.9 Å². The molecule has 0 unspecified atom stereocenters. The molecule has 0 aromatic carbocycles. The summed E-state index contributed by atoms with van der Waals surface area (Å²) in [6, 6.07) is 3.36. The van der Waals surface area contributed by atoms with Crippen LogP contribution in [0.4, 0.5) is 0 Å². The minimum atomic E-state index is -2.12. The summed E-state index contributed by atoms with van der Waals surface area (Å²) in [6.45, 7) is 5.43. The van der Waals surface area contributed by atoms with E-state index in [9.17, 15) is 23.4 Å². The Labute approximate surface area is 212 Å². The van der Waals surface area contributed by atoms with Crippen molar-refractivity contribution in [3.05, 3.63) is 48.0 Å². The number of rotatable bonds is 13. The molecule has 2 aromatic rings. The summed E-state index contributed by atoms with van der Waals surface area (Å²) < 4.78 is 24.8. The molecule has 0 amide bonds. The van der Waals surface area contributed by atoms with Gasteiger partial charge in [-0.3, -0.25) is 13.8 Å². The fourth-order valence-corrected chi connectivity index (χ4v) is 3.81. The molecular formula is C25H36N2O8S. The van der Waals surface area contributed by atoms with Crippen molar-refractivity contribution in [3.63, 3.8) is 0 Å². The van der Waals surface area contributed by atoms with E-state index in [2.05, 4.69) is 0 Å². The highest BCUT2D eigenvalue weighted by molar-refractivity contribution is 8.01. The van der Waals surface area contributed by atoms with Crippen molar-refractivity contribution in [3.8, 4) is 0 Å². The van der Waals surface area contributed by atoms with Crippen molar-refractivity contribution in [2.75, 3.05) is 25.7 Å². The van der Waals surface area contributed by atoms with Crippen LogP contribution >= 0.6 is 0 Å². The molecule has 0 radical (unpaired) electrons. The summed E-state index contributed by atoms with van der Waals surface area (Å²) in [5, 5.41) is 9.77. The monoisotopic (exact) mass is 524 g/mol. The molecule has 0 fully saturated rings. The Morgan fingerprint density at radius 2 is 1.31 bits per heavy atom. The van der Waals surface area contributed by atoms with Gasteiger partial charge in [0.25, 0.3) is 0 Å². The highest BCUT2D eigenvalue weighted by atomic mass is 32.2. The predicted molar refractivity (Wildman–Crippen MR) is 138 cm³/mol. The number of hydrogen-bond donors (Lipinski definition) is 1. The van der Waals surface area contributed by atoms with Gasteiger partial charge in [-0.15, -0.1) is 0 Å². The second-order valence-electron chi connectivity index (χ2n) is 8.21. The summed E-state index contributed by atoms with van der Waals surface area (Å²) in [7, 11) is -2.12. The van der Waals surface area contributed by atoms with E-state index in [0.29, 0.717) is 56.7 Å². The number of aliphatic carboxylic acids is 1. The number of ketones is 1. The van der Waals surface area contributed by atoms with E-state index in [1.54, 1.807) is 67.8 Å². The predicted octanol–water partition coefficient (Wildman–Crippen LogP) is 2.89. The molecule has 0 bridgehead atoms. The molecule has 200 valence electrons. The van der Waals surface area contributed by atoms with Crippen LogP contribution < -0.4 is 0 Å². The van der Waals surface area contributed by atoms with Gasteiger partial charge in [0.2, 0.25) is 0 Å². The number of aryl methyl sites for hydroxylation is 2. The third kappa shape index (κ3) is 12.9. The lowest BCUT2D eigenvalue weighted by atomic mass is 10.2. The van der Waals surface area contributed by atoms with Gasteiger partial charge in [-0.1, -0.05) is 0 Å². The molecule has 1 N–H and O–H groups in total. The smallest absolute Gasteiger partial charge is 0.339 e. The molecule has 0 atom stereocenters. The van der Waals surface area contributed by atoms with Crippen LogP contribution in [0, 0.1) is 0 Å². The second-order valence-corrected chi connectivity index (χ2v) is 11.1. The lowest BCUT2D eigenvalue weighted by Gasteiger charge is -2.02. The SMILES string of the molecule is CCOC(=O)c1ccn(CCCC(=O)C=S(C)(C)=O)c1.CCOC(=O)c1ccn(CCCC(=O)O)c1. The van der Waals surface area contributed by atoms with Gasteiger partial charge in [0, 0.05) is 68.6 Å². The van der Waals surface area contributed by atoms with Crippen molar-refractivity contribution in [2.24, 2.45) is 0 Å². The Morgan fingerprint density at radius 1 is 0.861 bits per heavy atom. The van der Waals surface area contributed by atoms with Crippen molar-refractivity contribution in [1.82, 2.24) is 9.13 Å². The molecule has 10 nitrogen and oxygen atoms in total. The number of carbonyl (C=O) groups is 4. The van der Waals surface area contributed by atoms with Crippen LogP contribution in [0.3, 0.4) is 0 Å². The Bertz CT molecular complexity index is 1130. The first-order valence-electron chi connectivity index (χ1n) is 11.6. The zero-order valence-electron chi connectivity index (χ0n) is 21.3. The van der Waals surface area contributed by atoms with Gasteiger partial charge in [0.05, 0.1) is 24.3 Å². The lowest BCUT2D eigenvalue weighted by molar-refractivity contribution is -0.137. The van der Waals surface area contributed by atoms with Gasteiger partial charge in [0.1, 0.15) is 0 Å². The molecule has 36 heavy (non-hydrogen) atoms. The first-order chi connectivity index (χ1) is 16.9. The first kappa shape index (κ1) is 30.7. The third-order valence-corrected chi connectivity index (χ3v) is 5.42. The Kier molecular flexibility index (Phi) is 13.3. The number of ether oxygens (including phenoxy) is 2. The zero-order chi connectivity index (χ0) is 27.1. The highest BCUT2D eigenvalue weighted by Crippen LogP contribution is 2.06. The lowest BCUT2D eigenvalue weighted by Crippen LogP contribution is -2.09. The van der Waals surface area contributed by atoms with Crippen LogP contribution in [-0.2, 0) is 41.7 Å². The number of Topliss-reactive ketones (excluding diaryl/α,β-unsaturated/α-hetero) is 1. The largest absolute Gasteiger partial charge is 0.481 e. The van der Waals surface area contributed by atoms with Gasteiger partial charge < -0.3 is 23.7 Å². The summed E-state index contributed by atoms with van der Waals surface area (Å²) in [5.74, 6) is -1.60. The van der Waals surface area contributed by atoms with Crippen LogP contribution in [-0.4, -0.2) is 73.2 Å². The van der Waals surface area contributed by atoms with Crippen LogP contribution in [0.5, 0.6) is 0 Å². The minimum absolute atomic E-state index is 0.0993. The normalized spacial score (nSPS) is 10.7. The maximum atomic E-state index is 11.5. The number of nitrogens with zero attached hydrogens (tertiary/aromatic N) is 2. The zero-order valence-corrected chi connectivity index (χ0v) is 22.1. The number of carbonyl (C=O) groups excluding carboxylic acids is 3. The first-order valence-corrected chi connectivity index (χ1v) is 14.1. The molecule has 0 aliphatic carbocycles. The molecule has 2 heterocycles. The Morgan fingerprint density at radius 3 is 1.69 bits per heavy atom. The summed E-state index contributed by atoms with van der Waals surface area (Å²) >= 11 is 0. The standard InChI is InChI=1S/C14H21NO4S.C11H15NO4/c1-4-19-14(17)12-7-9-15(10-12)8-5-6-13(16)11-20(2,3)18;1-2-16-11(15)9-5-7-12(8-9)6-3-4-10(13)14/h7,9-11H,4-6,8H2,1-3H3;5,7-8H,2-4,6H2,1H3,(H,13,14). The van der Waals surface area contributed by atoms with Crippen molar-refractivity contribution in [1.29, 1.82) is 0 Å². The molecule has 0 saturated carbocycles. The van der Waals surface area contributed by atoms with E-state index in [1.807, 2.05) is 4.57 Å². The van der Waals surface area contributed by atoms with E-state index >= 15 is 0 Å². The summed E-state index contributed by atoms with van der Waals surface area (Å²) in [4.78, 5) is 44.6. The van der Waals surface area contributed by atoms with E-state index in [1.165, 1.54) is 5.37 Å². The third-order valence-electron chi connectivity index (χ3n) is 4.58. The van der Waals surface area contributed by atoms with Crippen LogP contribution in [0.1, 0.15) is 60.2 Å². The molecule has 2 aromatic heterocycles. The number of carboxylic acids is 1. The quantitative estimate of drug-likeness (QED) is 0.312. The number of esters is 2. The van der Waals surface area contributed by atoms with Crippen molar-refractivity contribution >= 4 is 38.6 Å². The summed E-state index contributed by atoms with van der Waals surface area (Å²) in [5.41, 5.74) is 1.01. The second kappa shape index (κ2) is 15.6. The van der Waals surface area contributed by atoms with Crippen LogP contribution in [0.25, 0.3) is 0 Å². The van der Waals surface area contributed by atoms with Crippen LogP contribution in [0.2, 0.25) is 0 Å². The van der Waals surface area contributed by atoms with E-state index in [0.717, 1.165) is 0 Å². The molecule has 0 spiro atoms. The van der Waals surface area contributed by atoms with Gasteiger partial charge in [-0.05, 0) is 48.3 Å². The van der Waals surface area contributed by atoms with E-state index < -0.39 is 15.5 Å². The Hall–Kier alpha value is -3.34. The van der Waals surface area contributed by atoms with E-state index in [4.69, 9.17) is 14.6 Å². The maximum Gasteiger partial charge on any atom is 0.339 e. The number of carboxylic acid groups (broad SMARTS) is 1. The number of aromatic nitrogens is 2. The minimum Gasteiger partial charge on any atom is -0.481 e. The molecule has 11 heteroatoms. The molecule has 0 aliphatic heterocycles. The summed E-state index contributed by atoms with van der Waals surface area (Å²) in [6.07, 6.45) is 11.7. The average Bonchev–Trinajstić information content (AvgIpc) is 3.43. The average molecular weight is 525 g/mol. The molecule has 0 saturated heterocycles. The molecule has 0 aliphatic rings. The van der Waals surface area contributed by atoms with E-state index in [-0.39, 0.29) is 24.1 Å². The topological polar surface area (TPSA) is 134 Å². The van der Waals surface area contributed by atoms with Gasteiger partial charge in [-0.2, -0.15) is 0 Å². The van der Waals surface area contributed by atoms with Gasteiger partial charge in [0.15, 0.2) is 5.78 Å². The Balaban J connectivity index is 0.000000369. The van der Waals surface area contributed by atoms with Gasteiger partial charge >= 0.3 is 17.9 Å². The van der Waals surface area contributed by atoms with Crippen molar-refractivity contribution in [2.45, 2.75) is 52.6 Å². The molecule has 2 rings (SSSR count). The highest BCUT2D eigenvalue weighted by Gasteiger charge is 2.09. The fraction of sp³-hybridized carbons (Fsp3) is 0.480. The van der Waals surface area contributed by atoms with Crippen molar-refractivity contribution < 1.29 is 38.0 Å². The fourth-order valence-electron chi connectivity index (χ4n) is 3.05.